The maximum Gasteiger partial charge on any atom is 0.335 e. The van der Waals surface area contributed by atoms with Crippen molar-refractivity contribution in [3.8, 4) is 0 Å². The molecule has 4 rings (SSSR count). The number of amides is 9. The molecule has 9 amide bonds. The molecule has 0 aromatic carbocycles. The summed E-state index contributed by atoms with van der Waals surface area (Å²) in [6.07, 6.45) is 7.68. The molecule has 1 saturated heterocycles. The summed E-state index contributed by atoms with van der Waals surface area (Å²) in [6.45, 7) is 5.19. The molecular formula is C38H53N7O16. The molecule has 4 aliphatic rings. The van der Waals surface area contributed by atoms with Crippen LogP contribution in [0.25, 0.3) is 0 Å². The first kappa shape index (κ1) is 51.3. The van der Waals surface area contributed by atoms with Crippen molar-refractivity contribution in [1.82, 2.24) is 25.1 Å². The number of hydrogen-bond acceptors (Lipinski definition) is 18. The predicted octanol–water partition coefficient (Wildman–Crippen LogP) is -3.04. The average Bonchev–Trinajstić information content (AvgIpc) is 3.95. The van der Waals surface area contributed by atoms with Crippen LogP contribution in [-0.2, 0) is 76.5 Å². The number of hydroxylamine groups is 2. The fourth-order valence-corrected chi connectivity index (χ4v) is 5.07. The van der Waals surface area contributed by atoms with Crippen molar-refractivity contribution in [3.05, 3.63) is 36.5 Å². The second-order valence-corrected chi connectivity index (χ2v) is 12.8. The normalized spacial score (nSPS) is 15.6. The molecule has 0 unspecified atom stereocenters. The molecule has 4 heterocycles. The van der Waals surface area contributed by atoms with Gasteiger partial charge in [-0.05, 0) is 6.42 Å². The standard InChI is InChI=1S/C21H27N3O8.C11H10N2O6.C6H16N2O2/c25-16(7-10-23-18(27)3-4-19(23)28)2-1-12-31-14-15-32-13-9-22-17(26)8-11-24-20(29)5-6-21(24)30;14-7-1-2-8(15)12(7)6-5-11(18)19-13-9(16)3-4-10(13)17;7-1-3-9-5-6-10-4-2-8/h3-6H,1-2,7-15H2,(H,22,26);1-2H,3-6H2;1-8H2. The number of rotatable bonds is 27. The number of Topliss-reactive ketones (excluding diaryl/α,β-unsaturated/α-hetero) is 1. The van der Waals surface area contributed by atoms with Crippen LogP contribution < -0.4 is 16.8 Å². The van der Waals surface area contributed by atoms with E-state index in [4.69, 9.17) is 30.4 Å². The van der Waals surface area contributed by atoms with Gasteiger partial charge in [-0.3, -0.25) is 62.6 Å². The molecule has 4 aliphatic heterocycles. The first-order valence-corrected chi connectivity index (χ1v) is 19.5. The van der Waals surface area contributed by atoms with E-state index in [1.165, 1.54) is 24.3 Å². The van der Waals surface area contributed by atoms with E-state index in [0.717, 1.165) is 26.9 Å². The molecule has 23 heteroatoms. The number of imide groups is 4. The number of ether oxygens (including phenoxy) is 4. The Hall–Kier alpha value is -5.85. The largest absolute Gasteiger partial charge is 0.379 e. The molecule has 0 spiro atoms. The highest BCUT2D eigenvalue weighted by Gasteiger charge is 2.33. The molecule has 0 atom stereocenters. The number of carbonyl (C=O) groups is 11. The van der Waals surface area contributed by atoms with E-state index in [9.17, 15) is 52.7 Å². The lowest BCUT2D eigenvalue weighted by Crippen LogP contribution is -2.35. The van der Waals surface area contributed by atoms with E-state index >= 15 is 0 Å². The van der Waals surface area contributed by atoms with Crippen LogP contribution in [0.15, 0.2) is 36.5 Å². The first-order valence-electron chi connectivity index (χ1n) is 19.5. The third kappa shape index (κ3) is 20.3. The van der Waals surface area contributed by atoms with Gasteiger partial charge in [-0.25, -0.2) is 4.79 Å². The SMILES string of the molecule is NCCOCCOCCN.O=C(CCCOCCOCCNC(=O)CCN1C(=O)C=CC1=O)CCN1C(=O)C=CC1=O.O=C(CCN1C(=O)C=CC1=O)ON1C(=O)CCC1=O. The third-order valence-corrected chi connectivity index (χ3v) is 8.20. The van der Waals surface area contributed by atoms with E-state index < -0.39 is 53.2 Å². The summed E-state index contributed by atoms with van der Waals surface area (Å²) in [6, 6.07) is 0. The molecule has 0 saturated carbocycles. The summed E-state index contributed by atoms with van der Waals surface area (Å²) in [5.74, 6) is -4.95. The smallest absolute Gasteiger partial charge is 0.335 e. The van der Waals surface area contributed by atoms with Crippen LogP contribution in [-0.4, -0.2) is 177 Å². The van der Waals surface area contributed by atoms with Crippen LogP contribution in [0.3, 0.4) is 0 Å². The first-order chi connectivity index (χ1) is 29.3. The minimum Gasteiger partial charge on any atom is -0.379 e. The minimum atomic E-state index is -0.851. The zero-order valence-corrected chi connectivity index (χ0v) is 33.8. The lowest BCUT2D eigenvalue weighted by molar-refractivity contribution is -0.197. The number of hydrogen-bond donors (Lipinski definition) is 3. The van der Waals surface area contributed by atoms with Gasteiger partial charge in [0.1, 0.15) is 5.78 Å². The van der Waals surface area contributed by atoms with Crippen molar-refractivity contribution < 1.29 is 76.5 Å². The van der Waals surface area contributed by atoms with Crippen molar-refractivity contribution in [1.29, 1.82) is 0 Å². The van der Waals surface area contributed by atoms with Gasteiger partial charge >= 0.3 is 5.97 Å². The second kappa shape index (κ2) is 29.4. The monoisotopic (exact) mass is 863 g/mol. The molecule has 1 fully saturated rings. The second-order valence-electron chi connectivity index (χ2n) is 12.8. The van der Waals surface area contributed by atoms with Crippen molar-refractivity contribution in [2.75, 3.05) is 92.1 Å². The Labute approximate surface area is 351 Å². The summed E-state index contributed by atoms with van der Waals surface area (Å²) in [7, 11) is 0. The molecule has 336 valence electrons. The van der Waals surface area contributed by atoms with Crippen molar-refractivity contribution in [2.24, 2.45) is 11.5 Å². The van der Waals surface area contributed by atoms with E-state index in [2.05, 4.69) is 10.2 Å². The van der Waals surface area contributed by atoms with Crippen molar-refractivity contribution in [2.45, 2.75) is 44.9 Å². The van der Waals surface area contributed by atoms with E-state index in [0.29, 0.717) is 90.4 Å². The Bertz CT molecular complexity index is 1540. The van der Waals surface area contributed by atoms with Crippen LogP contribution >= 0.6 is 0 Å². The van der Waals surface area contributed by atoms with Crippen molar-refractivity contribution >= 4 is 64.9 Å². The summed E-state index contributed by atoms with van der Waals surface area (Å²) in [4.78, 5) is 133. The van der Waals surface area contributed by atoms with Gasteiger partial charge in [0.25, 0.3) is 47.3 Å². The van der Waals surface area contributed by atoms with E-state index in [1.807, 2.05) is 0 Å². The highest BCUT2D eigenvalue weighted by atomic mass is 16.7. The number of nitrogens with one attached hydrogen (secondary N) is 1. The fraction of sp³-hybridized carbons (Fsp3) is 0.553. The molecule has 0 aliphatic carbocycles. The Morgan fingerprint density at radius 1 is 0.508 bits per heavy atom. The van der Waals surface area contributed by atoms with Crippen LogP contribution in [0, 0.1) is 0 Å². The maximum atomic E-state index is 11.8. The maximum absolute atomic E-state index is 11.8. The minimum absolute atomic E-state index is 0.0130. The molecule has 0 radical (unpaired) electrons. The van der Waals surface area contributed by atoms with Gasteiger partial charge in [0.05, 0.1) is 52.7 Å². The molecule has 0 aromatic heterocycles. The lowest BCUT2D eigenvalue weighted by atomic mass is 10.1. The molecular weight excluding hydrogens is 810 g/mol. The highest BCUT2D eigenvalue weighted by molar-refractivity contribution is 6.14. The average molecular weight is 864 g/mol. The highest BCUT2D eigenvalue weighted by Crippen LogP contribution is 2.13. The predicted molar refractivity (Wildman–Crippen MR) is 207 cm³/mol. The summed E-state index contributed by atoms with van der Waals surface area (Å²) in [5, 5.41) is 3.06. The summed E-state index contributed by atoms with van der Waals surface area (Å²) >= 11 is 0. The van der Waals surface area contributed by atoms with Crippen LogP contribution in [0.2, 0.25) is 0 Å². The van der Waals surface area contributed by atoms with Gasteiger partial charge in [-0.2, -0.15) is 0 Å². The number of nitrogens with zero attached hydrogens (tertiary/aromatic N) is 4. The Morgan fingerprint density at radius 3 is 1.34 bits per heavy atom. The molecule has 5 N–H and O–H groups in total. The number of ketones is 1. The number of carbonyl (C=O) groups excluding carboxylic acids is 11. The van der Waals surface area contributed by atoms with Gasteiger partial charge in [-0.1, -0.05) is 0 Å². The molecule has 0 bridgehead atoms. The quantitative estimate of drug-likeness (QED) is 0.0546. The van der Waals surface area contributed by atoms with Crippen LogP contribution in [0.4, 0.5) is 0 Å². The molecule has 23 nitrogen and oxygen atoms in total. The van der Waals surface area contributed by atoms with Crippen LogP contribution in [0.5, 0.6) is 0 Å². The molecule has 61 heavy (non-hydrogen) atoms. The van der Waals surface area contributed by atoms with Gasteiger partial charge in [0.15, 0.2) is 0 Å². The van der Waals surface area contributed by atoms with Crippen molar-refractivity contribution in [3.63, 3.8) is 0 Å². The fourth-order valence-electron chi connectivity index (χ4n) is 5.07. The third-order valence-electron chi connectivity index (χ3n) is 8.20. The summed E-state index contributed by atoms with van der Waals surface area (Å²) < 4.78 is 20.8. The zero-order valence-electron chi connectivity index (χ0n) is 33.8. The van der Waals surface area contributed by atoms with Crippen LogP contribution in [0.1, 0.15) is 44.9 Å². The number of nitrogens with two attached hydrogens (primary N) is 2. The van der Waals surface area contributed by atoms with Gasteiger partial charge < -0.3 is 40.6 Å². The van der Waals surface area contributed by atoms with Gasteiger partial charge in [-0.15, -0.1) is 5.06 Å². The lowest BCUT2D eigenvalue weighted by Gasteiger charge is -2.15. The van der Waals surface area contributed by atoms with E-state index in [1.54, 1.807) is 0 Å². The summed E-state index contributed by atoms with van der Waals surface area (Å²) in [5.41, 5.74) is 10.4. The Kier molecular flexibility index (Phi) is 24.7. The topological polar surface area (TPSA) is 311 Å². The van der Waals surface area contributed by atoms with Gasteiger partial charge in [0, 0.05) is 114 Å². The Balaban J connectivity index is 0.000000370. The van der Waals surface area contributed by atoms with Gasteiger partial charge in [0.2, 0.25) is 5.91 Å². The molecule has 0 aromatic rings. The van der Waals surface area contributed by atoms with E-state index in [-0.39, 0.29) is 63.4 Å². The zero-order chi connectivity index (χ0) is 45.0. The Morgan fingerprint density at radius 2 is 0.902 bits per heavy atom.